The van der Waals surface area contributed by atoms with Gasteiger partial charge >= 0.3 is 0 Å². The average molecular weight is 318 g/mol. The summed E-state index contributed by atoms with van der Waals surface area (Å²) >= 11 is 0. The van der Waals surface area contributed by atoms with Crippen LogP contribution in [-0.2, 0) is 0 Å². The number of nitrogens with one attached hydrogen (secondary N) is 1. The lowest BCUT2D eigenvalue weighted by Gasteiger charge is -2.09. The number of pyridine rings is 1. The quantitative estimate of drug-likeness (QED) is 0.228. The average Bonchev–Trinajstić information content (AvgIpc) is 2.68. The van der Waals surface area contributed by atoms with E-state index in [0.29, 0.717) is 0 Å². The SMILES string of the molecule is [B]c1cccc2ccc3cc4ccccc4cc3c12.c1cc[nH+]cc1. The third kappa shape index (κ3) is 3.11. The Bertz CT molecular complexity index is 1120. The lowest BCUT2D eigenvalue weighted by atomic mass is 9.87. The first-order valence-corrected chi connectivity index (χ1v) is 8.34. The minimum Gasteiger partial charge on any atom is -0.218 e. The Hall–Kier alpha value is -3.13. The summed E-state index contributed by atoms with van der Waals surface area (Å²) in [5.41, 5.74) is 0.846. The van der Waals surface area contributed by atoms with Crippen LogP contribution in [0, 0.1) is 0 Å². The van der Waals surface area contributed by atoms with Gasteiger partial charge in [-0.1, -0.05) is 66.1 Å². The minimum atomic E-state index is 0.846. The fourth-order valence-corrected chi connectivity index (χ4v) is 3.17. The van der Waals surface area contributed by atoms with E-state index in [-0.39, 0.29) is 0 Å². The molecular formula is C23H17BN+. The van der Waals surface area contributed by atoms with Gasteiger partial charge in [0.05, 0.1) is 0 Å². The predicted molar refractivity (Wildman–Crippen MR) is 107 cm³/mol. The third-order valence-electron chi connectivity index (χ3n) is 4.37. The molecule has 2 radical (unpaired) electrons. The molecule has 0 bridgehead atoms. The van der Waals surface area contributed by atoms with Crippen LogP contribution in [0.4, 0.5) is 0 Å². The topological polar surface area (TPSA) is 14.1 Å². The van der Waals surface area contributed by atoms with Crippen LogP contribution in [-0.4, -0.2) is 7.85 Å². The molecule has 0 unspecified atom stereocenters. The smallest absolute Gasteiger partial charge is 0.166 e. The van der Waals surface area contributed by atoms with Gasteiger partial charge in [0.2, 0.25) is 0 Å². The van der Waals surface area contributed by atoms with E-state index in [1.807, 2.05) is 42.7 Å². The number of aromatic nitrogens is 1. The molecule has 5 rings (SSSR count). The third-order valence-corrected chi connectivity index (χ3v) is 4.37. The van der Waals surface area contributed by atoms with E-state index in [0.717, 1.165) is 10.8 Å². The van der Waals surface area contributed by atoms with Gasteiger partial charge in [-0.3, -0.25) is 0 Å². The summed E-state index contributed by atoms with van der Waals surface area (Å²) in [5, 5.41) is 7.35. The summed E-state index contributed by atoms with van der Waals surface area (Å²) in [4.78, 5) is 2.89. The van der Waals surface area contributed by atoms with Crippen LogP contribution in [0.5, 0.6) is 0 Å². The van der Waals surface area contributed by atoms with Gasteiger partial charge in [-0.15, -0.1) is 0 Å². The van der Waals surface area contributed by atoms with Gasteiger partial charge in [-0.2, -0.15) is 0 Å². The van der Waals surface area contributed by atoms with Gasteiger partial charge in [0, 0.05) is 12.1 Å². The number of hydrogen-bond acceptors (Lipinski definition) is 0. The van der Waals surface area contributed by atoms with Crippen molar-refractivity contribution in [1.82, 2.24) is 0 Å². The zero-order chi connectivity index (χ0) is 17.1. The summed E-state index contributed by atoms with van der Waals surface area (Å²) in [6.45, 7) is 0. The van der Waals surface area contributed by atoms with E-state index in [4.69, 9.17) is 7.85 Å². The van der Waals surface area contributed by atoms with Crippen LogP contribution in [0.1, 0.15) is 0 Å². The van der Waals surface area contributed by atoms with Gasteiger partial charge in [0.15, 0.2) is 12.4 Å². The molecular weight excluding hydrogens is 301 g/mol. The molecule has 1 aromatic heterocycles. The molecule has 0 amide bonds. The highest BCUT2D eigenvalue weighted by atomic mass is 14.6. The molecule has 0 aliphatic heterocycles. The number of rotatable bonds is 0. The molecule has 0 saturated carbocycles. The second-order valence-corrected chi connectivity index (χ2v) is 6.01. The standard InChI is InChI=1S/C18H11B.C5H5N/c19-17-7-3-6-12-8-9-15-10-13-4-1-2-5-14(13)11-16(15)18(12)17;1-2-4-6-5-3-1/h1-11H;1-5H/p+1. The zero-order valence-electron chi connectivity index (χ0n) is 13.8. The molecule has 0 fully saturated rings. The second-order valence-electron chi connectivity index (χ2n) is 6.01. The van der Waals surface area contributed by atoms with Crippen molar-refractivity contribution in [2.45, 2.75) is 0 Å². The van der Waals surface area contributed by atoms with Crippen molar-refractivity contribution in [2.24, 2.45) is 0 Å². The normalized spacial score (nSPS) is 10.6. The van der Waals surface area contributed by atoms with Crippen LogP contribution < -0.4 is 10.4 Å². The van der Waals surface area contributed by atoms with Crippen molar-refractivity contribution in [3.05, 3.63) is 97.3 Å². The van der Waals surface area contributed by atoms with Gasteiger partial charge in [0.1, 0.15) is 7.85 Å². The first-order chi connectivity index (χ1) is 12.3. The van der Waals surface area contributed by atoms with E-state index in [2.05, 4.69) is 59.6 Å². The molecule has 0 aliphatic carbocycles. The highest BCUT2D eigenvalue weighted by molar-refractivity contribution is 6.41. The number of aromatic amines is 1. The molecule has 1 nitrogen and oxygen atoms in total. The van der Waals surface area contributed by atoms with Crippen molar-refractivity contribution in [1.29, 1.82) is 0 Å². The summed E-state index contributed by atoms with van der Waals surface area (Å²) in [5.74, 6) is 0. The maximum atomic E-state index is 6.17. The summed E-state index contributed by atoms with van der Waals surface area (Å²) in [6.07, 6.45) is 3.75. The molecule has 25 heavy (non-hydrogen) atoms. The van der Waals surface area contributed by atoms with Crippen molar-refractivity contribution in [2.75, 3.05) is 0 Å². The molecule has 4 aromatic carbocycles. The van der Waals surface area contributed by atoms with Crippen molar-refractivity contribution < 1.29 is 4.98 Å². The Morgan fingerprint density at radius 3 is 1.92 bits per heavy atom. The van der Waals surface area contributed by atoms with Crippen LogP contribution in [0.3, 0.4) is 0 Å². The minimum absolute atomic E-state index is 0.846. The van der Waals surface area contributed by atoms with E-state index < -0.39 is 0 Å². The Balaban J connectivity index is 0.000000223. The highest BCUT2D eigenvalue weighted by Crippen LogP contribution is 2.28. The van der Waals surface area contributed by atoms with Crippen molar-refractivity contribution in [3.63, 3.8) is 0 Å². The van der Waals surface area contributed by atoms with Gasteiger partial charge in [0.25, 0.3) is 0 Å². The van der Waals surface area contributed by atoms with Crippen LogP contribution in [0.2, 0.25) is 0 Å². The Morgan fingerprint density at radius 2 is 1.24 bits per heavy atom. The number of fused-ring (bicyclic) bond motifs is 4. The maximum absolute atomic E-state index is 6.17. The van der Waals surface area contributed by atoms with Crippen LogP contribution in [0.15, 0.2) is 97.3 Å². The molecule has 0 atom stereocenters. The van der Waals surface area contributed by atoms with E-state index in [1.54, 1.807) is 0 Å². The summed E-state index contributed by atoms with van der Waals surface area (Å²) < 4.78 is 0. The molecule has 2 heteroatoms. The van der Waals surface area contributed by atoms with Gasteiger partial charge < -0.3 is 0 Å². The Labute approximate surface area is 148 Å². The van der Waals surface area contributed by atoms with Gasteiger partial charge in [-0.05, 0) is 44.5 Å². The van der Waals surface area contributed by atoms with E-state index in [9.17, 15) is 0 Å². The first kappa shape index (κ1) is 15.4. The summed E-state index contributed by atoms with van der Waals surface area (Å²) in [6, 6.07) is 29.2. The number of benzene rings is 4. The van der Waals surface area contributed by atoms with Crippen molar-refractivity contribution >= 4 is 45.6 Å². The molecule has 0 saturated heterocycles. The van der Waals surface area contributed by atoms with Crippen molar-refractivity contribution in [3.8, 4) is 0 Å². The van der Waals surface area contributed by atoms with E-state index in [1.165, 1.54) is 26.9 Å². The monoisotopic (exact) mass is 318 g/mol. The van der Waals surface area contributed by atoms with Crippen LogP contribution in [0.25, 0.3) is 32.3 Å². The molecule has 0 aliphatic rings. The molecule has 1 N–H and O–H groups in total. The zero-order valence-corrected chi connectivity index (χ0v) is 13.8. The maximum Gasteiger partial charge on any atom is 0.166 e. The van der Waals surface area contributed by atoms with E-state index >= 15 is 0 Å². The molecule has 116 valence electrons. The largest absolute Gasteiger partial charge is 0.218 e. The van der Waals surface area contributed by atoms with Gasteiger partial charge in [-0.25, -0.2) is 4.98 Å². The second kappa shape index (κ2) is 6.78. The number of H-pyrrole nitrogens is 1. The lowest BCUT2D eigenvalue weighted by molar-refractivity contribution is -0.377. The fraction of sp³-hybridized carbons (Fsp3) is 0. The fourth-order valence-electron chi connectivity index (χ4n) is 3.17. The predicted octanol–water partition coefficient (Wildman–Crippen LogP) is 4.44. The highest BCUT2D eigenvalue weighted by Gasteiger charge is 2.04. The lowest BCUT2D eigenvalue weighted by Crippen LogP contribution is -2.03. The Morgan fingerprint density at radius 1 is 0.560 bits per heavy atom. The molecule has 5 aromatic rings. The molecule has 1 heterocycles. The Kier molecular flexibility index (Phi) is 4.18. The first-order valence-electron chi connectivity index (χ1n) is 8.34. The van der Waals surface area contributed by atoms with Crippen LogP contribution >= 0.6 is 0 Å². The number of hydrogen-bond donors (Lipinski definition) is 0. The molecule has 0 spiro atoms. The summed E-state index contributed by atoms with van der Waals surface area (Å²) in [7, 11) is 6.17.